The van der Waals surface area contributed by atoms with Gasteiger partial charge in [-0.2, -0.15) is 11.8 Å². The Bertz CT molecular complexity index is 421. The van der Waals surface area contributed by atoms with Gasteiger partial charge in [0.15, 0.2) is 0 Å². The molecule has 0 amide bonds. The number of rotatable bonds is 7. The van der Waals surface area contributed by atoms with E-state index in [4.69, 9.17) is 0 Å². The maximum absolute atomic E-state index is 3.61. The first kappa shape index (κ1) is 15.2. The number of nitrogens with zero attached hydrogens (tertiary/aromatic N) is 1. The van der Waals surface area contributed by atoms with Gasteiger partial charge in [0, 0.05) is 41.6 Å². The van der Waals surface area contributed by atoms with Crippen molar-refractivity contribution in [2.24, 2.45) is 0 Å². The zero-order valence-electron chi connectivity index (χ0n) is 11.9. The highest BCUT2D eigenvalue weighted by molar-refractivity contribution is 9.10. The topological polar surface area (TPSA) is 15.3 Å². The lowest BCUT2D eigenvalue weighted by molar-refractivity contribution is 0.680. The molecule has 19 heavy (non-hydrogen) atoms. The molecule has 0 bridgehead atoms. The van der Waals surface area contributed by atoms with Gasteiger partial charge < -0.3 is 10.2 Å². The molecule has 2 nitrogen and oxygen atoms in total. The van der Waals surface area contributed by atoms with Crippen LogP contribution in [0.4, 0.5) is 5.69 Å². The molecule has 0 heterocycles. The number of halogens is 1. The fraction of sp³-hybridized carbons (Fsp3) is 0.600. The van der Waals surface area contributed by atoms with Gasteiger partial charge in [-0.3, -0.25) is 0 Å². The highest BCUT2D eigenvalue weighted by atomic mass is 79.9. The van der Waals surface area contributed by atoms with Crippen molar-refractivity contribution in [2.75, 3.05) is 24.0 Å². The van der Waals surface area contributed by atoms with Gasteiger partial charge in [-0.25, -0.2) is 0 Å². The highest BCUT2D eigenvalue weighted by Gasteiger charge is 2.21. The van der Waals surface area contributed by atoms with E-state index in [9.17, 15) is 0 Å². The number of hydrogen-bond acceptors (Lipinski definition) is 3. The Labute approximate surface area is 129 Å². The van der Waals surface area contributed by atoms with E-state index in [2.05, 4.69) is 64.6 Å². The Morgan fingerprint density at radius 2 is 2.21 bits per heavy atom. The van der Waals surface area contributed by atoms with E-state index >= 15 is 0 Å². The molecule has 1 aliphatic carbocycles. The normalized spacial score (nSPS) is 16.4. The van der Waals surface area contributed by atoms with Crippen LogP contribution in [0.15, 0.2) is 22.7 Å². The van der Waals surface area contributed by atoms with Crippen LogP contribution in [0.3, 0.4) is 0 Å². The van der Waals surface area contributed by atoms with Crippen molar-refractivity contribution in [1.29, 1.82) is 0 Å². The molecular weight excluding hydrogens is 320 g/mol. The first-order valence-corrected chi connectivity index (χ1v) is 9.04. The monoisotopic (exact) mass is 342 g/mol. The van der Waals surface area contributed by atoms with Crippen molar-refractivity contribution in [2.45, 2.75) is 38.4 Å². The third-order valence-corrected chi connectivity index (χ3v) is 4.96. The molecule has 0 aromatic heterocycles. The summed E-state index contributed by atoms with van der Waals surface area (Å²) in [5.41, 5.74) is 2.73. The van der Waals surface area contributed by atoms with E-state index in [1.54, 1.807) is 0 Å². The molecule has 4 heteroatoms. The van der Waals surface area contributed by atoms with E-state index in [-0.39, 0.29) is 0 Å². The first-order chi connectivity index (χ1) is 9.11. The molecule has 0 saturated heterocycles. The van der Waals surface area contributed by atoms with Crippen LogP contribution in [0.5, 0.6) is 0 Å². The maximum atomic E-state index is 3.61. The molecule has 0 spiro atoms. The van der Waals surface area contributed by atoms with Gasteiger partial charge in [-0.1, -0.05) is 15.9 Å². The van der Waals surface area contributed by atoms with Crippen molar-refractivity contribution in [3.8, 4) is 0 Å². The fourth-order valence-corrected chi connectivity index (χ4v) is 3.29. The molecule has 1 saturated carbocycles. The van der Waals surface area contributed by atoms with Crippen LogP contribution >= 0.6 is 27.7 Å². The Balaban J connectivity index is 2.11. The molecule has 1 N–H and O–H groups in total. The lowest BCUT2D eigenvalue weighted by atomic mass is 10.1. The number of nitrogens with one attached hydrogen (secondary N) is 1. The van der Waals surface area contributed by atoms with Gasteiger partial charge in [0.1, 0.15) is 0 Å². The summed E-state index contributed by atoms with van der Waals surface area (Å²) < 4.78 is 1.16. The summed E-state index contributed by atoms with van der Waals surface area (Å²) >= 11 is 5.49. The third kappa shape index (κ3) is 4.40. The molecule has 1 aromatic carbocycles. The predicted molar refractivity (Wildman–Crippen MR) is 90.3 cm³/mol. The summed E-state index contributed by atoms with van der Waals surface area (Å²) in [7, 11) is 2.20. The zero-order chi connectivity index (χ0) is 13.8. The molecule has 0 aliphatic heterocycles. The predicted octanol–water partition coefficient (Wildman–Crippen LogP) is 3.89. The van der Waals surface area contributed by atoms with Crippen LogP contribution in [0, 0.1) is 0 Å². The molecule has 1 fully saturated rings. The van der Waals surface area contributed by atoms with Crippen LogP contribution in [0.2, 0.25) is 0 Å². The summed E-state index contributed by atoms with van der Waals surface area (Å²) in [6.07, 6.45) is 4.84. The first-order valence-electron chi connectivity index (χ1n) is 6.85. The zero-order valence-corrected chi connectivity index (χ0v) is 14.4. The second-order valence-corrected chi connectivity index (χ2v) is 7.17. The fourth-order valence-electron chi connectivity index (χ4n) is 2.17. The van der Waals surface area contributed by atoms with E-state index in [1.165, 1.54) is 24.1 Å². The number of anilines is 1. The van der Waals surface area contributed by atoms with E-state index in [1.807, 2.05) is 11.8 Å². The molecule has 2 rings (SSSR count). The van der Waals surface area contributed by atoms with Gasteiger partial charge >= 0.3 is 0 Å². The van der Waals surface area contributed by atoms with Crippen LogP contribution in [-0.2, 0) is 6.54 Å². The second-order valence-electron chi connectivity index (χ2n) is 5.34. The van der Waals surface area contributed by atoms with Gasteiger partial charge in [-0.05, 0) is 49.8 Å². The summed E-state index contributed by atoms with van der Waals surface area (Å²) in [4.78, 5) is 2.40. The molecule has 1 aromatic rings. The summed E-state index contributed by atoms with van der Waals surface area (Å²) in [5, 5.41) is 3.61. The SMILES string of the molecule is CSCC(C)N(C)c1ccc(Br)cc1CNC1CC1. The minimum atomic E-state index is 0.552. The van der Waals surface area contributed by atoms with Gasteiger partial charge in [0.05, 0.1) is 0 Å². The van der Waals surface area contributed by atoms with E-state index in [0.29, 0.717) is 6.04 Å². The lowest BCUT2D eigenvalue weighted by Gasteiger charge is -2.29. The minimum Gasteiger partial charge on any atom is -0.371 e. The van der Waals surface area contributed by atoms with E-state index < -0.39 is 0 Å². The average Bonchev–Trinajstić information content (AvgIpc) is 3.20. The van der Waals surface area contributed by atoms with Gasteiger partial charge in [0.2, 0.25) is 0 Å². The quantitative estimate of drug-likeness (QED) is 0.809. The number of benzene rings is 1. The summed E-state index contributed by atoms with van der Waals surface area (Å²) in [6.45, 7) is 3.26. The molecule has 1 atom stereocenters. The summed E-state index contributed by atoms with van der Waals surface area (Å²) in [6, 6.07) is 7.91. The van der Waals surface area contributed by atoms with E-state index in [0.717, 1.165) is 22.8 Å². The van der Waals surface area contributed by atoms with Crippen LogP contribution in [-0.4, -0.2) is 31.1 Å². The largest absolute Gasteiger partial charge is 0.371 e. The minimum absolute atomic E-state index is 0.552. The number of hydrogen-bond donors (Lipinski definition) is 1. The molecular formula is C15H23BrN2S. The van der Waals surface area contributed by atoms with Crippen molar-refractivity contribution >= 4 is 33.4 Å². The molecule has 1 unspecified atom stereocenters. The number of thioether (sulfide) groups is 1. The highest BCUT2D eigenvalue weighted by Crippen LogP contribution is 2.27. The van der Waals surface area contributed by atoms with Gasteiger partial charge in [-0.15, -0.1) is 0 Å². The average molecular weight is 343 g/mol. The Morgan fingerprint density at radius 1 is 1.47 bits per heavy atom. The Morgan fingerprint density at radius 3 is 2.84 bits per heavy atom. The van der Waals surface area contributed by atoms with Gasteiger partial charge in [0.25, 0.3) is 0 Å². The Hall–Kier alpha value is -0.190. The molecule has 1 aliphatic rings. The van der Waals surface area contributed by atoms with Crippen LogP contribution in [0.1, 0.15) is 25.3 Å². The second kappa shape index (κ2) is 7.00. The molecule has 0 radical (unpaired) electrons. The lowest BCUT2D eigenvalue weighted by Crippen LogP contribution is -2.32. The maximum Gasteiger partial charge on any atom is 0.0412 e. The van der Waals surface area contributed by atoms with Crippen molar-refractivity contribution in [3.05, 3.63) is 28.2 Å². The van der Waals surface area contributed by atoms with Crippen molar-refractivity contribution in [1.82, 2.24) is 5.32 Å². The summed E-state index contributed by atoms with van der Waals surface area (Å²) in [5.74, 6) is 1.15. The van der Waals surface area contributed by atoms with Crippen LogP contribution in [0.25, 0.3) is 0 Å². The Kier molecular flexibility index (Phi) is 5.60. The third-order valence-electron chi connectivity index (χ3n) is 3.65. The smallest absolute Gasteiger partial charge is 0.0412 e. The molecule has 106 valence electrons. The van der Waals surface area contributed by atoms with Crippen LogP contribution < -0.4 is 10.2 Å². The standard InChI is InChI=1S/C15H23BrN2S/c1-11(10-19-3)18(2)15-7-4-13(16)8-12(15)9-17-14-5-6-14/h4,7-8,11,14,17H,5-6,9-10H2,1-3H3. The van der Waals surface area contributed by atoms with Crippen molar-refractivity contribution < 1.29 is 0 Å². The van der Waals surface area contributed by atoms with Crippen molar-refractivity contribution in [3.63, 3.8) is 0 Å².